The molecule has 0 fully saturated rings. The highest BCUT2D eigenvalue weighted by atomic mass is 16.5. The van der Waals surface area contributed by atoms with Crippen LogP contribution in [0.15, 0.2) is 42.5 Å². The van der Waals surface area contributed by atoms with E-state index in [1.54, 1.807) is 6.07 Å². The van der Waals surface area contributed by atoms with E-state index in [-0.39, 0.29) is 11.5 Å². The molecule has 2 aromatic rings. The third-order valence-electron chi connectivity index (χ3n) is 3.24. The first-order chi connectivity index (χ1) is 9.10. The van der Waals surface area contributed by atoms with E-state index in [2.05, 4.69) is 13.8 Å². The molecule has 0 radical (unpaired) electrons. The highest BCUT2D eigenvalue weighted by Gasteiger charge is 2.05. The molecule has 0 amide bonds. The zero-order chi connectivity index (χ0) is 13.8. The number of aromatic hydroxyl groups is 2. The predicted molar refractivity (Wildman–Crippen MR) is 75.0 cm³/mol. The van der Waals surface area contributed by atoms with Crippen LogP contribution in [0, 0.1) is 0 Å². The van der Waals surface area contributed by atoms with Crippen molar-refractivity contribution in [1.29, 1.82) is 0 Å². The Morgan fingerprint density at radius 2 is 1.58 bits per heavy atom. The normalized spacial score (nSPS) is 12.1. The van der Waals surface area contributed by atoms with Crippen molar-refractivity contribution in [2.45, 2.75) is 26.2 Å². The van der Waals surface area contributed by atoms with Crippen molar-refractivity contribution in [1.82, 2.24) is 0 Å². The summed E-state index contributed by atoms with van der Waals surface area (Å²) in [4.78, 5) is 0. The maximum Gasteiger partial charge on any atom is 0.161 e. The fourth-order valence-corrected chi connectivity index (χ4v) is 1.80. The molecule has 100 valence electrons. The smallest absolute Gasteiger partial charge is 0.161 e. The lowest BCUT2D eigenvalue weighted by Gasteiger charge is -2.11. The van der Waals surface area contributed by atoms with Crippen LogP contribution < -0.4 is 4.74 Å². The summed E-state index contributed by atoms with van der Waals surface area (Å²) in [6.45, 7) is 4.35. The van der Waals surface area contributed by atoms with Gasteiger partial charge in [-0.2, -0.15) is 0 Å². The second-order valence-corrected chi connectivity index (χ2v) is 4.63. The van der Waals surface area contributed by atoms with Gasteiger partial charge in [0.05, 0.1) is 0 Å². The van der Waals surface area contributed by atoms with Gasteiger partial charge in [0.15, 0.2) is 11.5 Å². The molecule has 0 aliphatic carbocycles. The monoisotopic (exact) mass is 258 g/mol. The van der Waals surface area contributed by atoms with Gasteiger partial charge in [0.2, 0.25) is 0 Å². The molecule has 0 heterocycles. The minimum Gasteiger partial charge on any atom is -0.504 e. The van der Waals surface area contributed by atoms with E-state index in [9.17, 15) is 10.2 Å². The average Bonchev–Trinajstić information content (AvgIpc) is 2.43. The van der Waals surface area contributed by atoms with Gasteiger partial charge in [0.25, 0.3) is 0 Å². The van der Waals surface area contributed by atoms with Crippen molar-refractivity contribution >= 4 is 0 Å². The van der Waals surface area contributed by atoms with Crippen molar-refractivity contribution < 1.29 is 14.9 Å². The number of rotatable bonds is 4. The Morgan fingerprint density at radius 1 is 0.947 bits per heavy atom. The van der Waals surface area contributed by atoms with Crippen molar-refractivity contribution in [2.24, 2.45) is 0 Å². The second-order valence-electron chi connectivity index (χ2n) is 4.63. The van der Waals surface area contributed by atoms with Gasteiger partial charge < -0.3 is 14.9 Å². The summed E-state index contributed by atoms with van der Waals surface area (Å²) in [5, 5.41) is 18.6. The summed E-state index contributed by atoms with van der Waals surface area (Å²) in [6.07, 6.45) is 1.10. The maximum absolute atomic E-state index is 9.40. The molecule has 0 bridgehead atoms. The average molecular weight is 258 g/mol. The molecular weight excluding hydrogens is 240 g/mol. The summed E-state index contributed by atoms with van der Waals surface area (Å²) in [6, 6.07) is 12.3. The van der Waals surface area contributed by atoms with Crippen LogP contribution in [0.2, 0.25) is 0 Å². The molecule has 19 heavy (non-hydrogen) atoms. The van der Waals surface area contributed by atoms with Gasteiger partial charge in [-0.05, 0) is 42.2 Å². The van der Waals surface area contributed by atoms with Crippen LogP contribution in [-0.2, 0) is 0 Å². The molecule has 0 saturated heterocycles. The van der Waals surface area contributed by atoms with E-state index in [4.69, 9.17) is 4.74 Å². The molecule has 3 nitrogen and oxygen atoms in total. The van der Waals surface area contributed by atoms with Gasteiger partial charge in [0, 0.05) is 6.07 Å². The molecule has 2 N–H and O–H groups in total. The molecule has 0 aliphatic rings. The molecule has 2 aromatic carbocycles. The van der Waals surface area contributed by atoms with Crippen molar-refractivity contribution in [3.8, 4) is 23.0 Å². The van der Waals surface area contributed by atoms with Crippen molar-refractivity contribution in [3.63, 3.8) is 0 Å². The highest BCUT2D eigenvalue weighted by molar-refractivity contribution is 5.45. The van der Waals surface area contributed by atoms with E-state index in [1.165, 1.54) is 17.7 Å². The Labute approximate surface area is 113 Å². The lowest BCUT2D eigenvalue weighted by atomic mass is 9.99. The lowest BCUT2D eigenvalue weighted by molar-refractivity contribution is 0.398. The Kier molecular flexibility index (Phi) is 3.95. The number of benzene rings is 2. The minimum atomic E-state index is -0.186. The molecule has 0 spiro atoms. The molecule has 0 saturated carbocycles. The highest BCUT2D eigenvalue weighted by Crippen LogP contribution is 2.31. The van der Waals surface area contributed by atoms with Crippen LogP contribution in [0.3, 0.4) is 0 Å². The SMILES string of the molecule is CCC(C)c1ccc(Oc2ccc(O)c(O)c2)cc1. The van der Waals surface area contributed by atoms with Gasteiger partial charge in [-0.15, -0.1) is 0 Å². The van der Waals surface area contributed by atoms with Crippen molar-refractivity contribution in [2.75, 3.05) is 0 Å². The Hall–Kier alpha value is -2.16. The summed E-state index contributed by atoms with van der Waals surface area (Å²) in [5.74, 6) is 1.39. The fraction of sp³-hybridized carbons (Fsp3) is 0.250. The van der Waals surface area contributed by atoms with Gasteiger partial charge >= 0.3 is 0 Å². The molecular formula is C16H18O3. The van der Waals surface area contributed by atoms with E-state index in [1.807, 2.05) is 24.3 Å². The first kappa shape index (κ1) is 13.3. The third-order valence-corrected chi connectivity index (χ3v) is 3.24. The number of hydrogen-bond donors (Lipinski definition) is 2. The number of hydrogen-bond acceptors (Lipinski definition) is 3. The number of phenols is 2. The zero-order valence-corrected chi connectivity index (χ0v) is 11.1. The molecule has 2 rings (SSSR count). The molecule has 0 aromatic heterocycles. The van der Waals surface area contributed by atoms with Crippen LogP contribution in [0.5, 0.6) is 23.0 Å². The largest absolute Gasteiger partial charge is 0.504 e. The molecule has 1 unspecified atom stereocenters. The van der Waals surface area contributed by atoms with Crippen LogP contribution in [0.1, 0.15) is 31.7 Å². The fourth-order valence-electron chi connectivity index (χ4n) is 1.80. The van der Waals surface area contributed by atoms with E-state index < -0.39 is 0 Å². The predicted octanol–water partition coefficient (Wildman–Crippen LogP) is 4.40. The Bertz CT molecular complexity index is 546. The number of phenolic OH excluding ortho intramolecular Hbond substituents is 2. The molecule has 0 aliphatic heterocycles. The lowest BCUT2D eigenvalue weighted by Crippen LogP contribution is -1.91. The standard InChI is InChI=1S/C16H18O3/c1-3-11(2)12-4-6-13(7-5-12)19-14-8-9-15(17)16(18)10-14/h4-11,17-18H,3H2,1-2H3. The summed E-state index contributed by atoms with van der Waals surface area (Å²) in [5.41, 5.74) is 1.28. The Balaban J connectivity index is 2.12. The molecule has 3 heteroatoms. The van der Waals surface area contributed by atoms with Gasteiger partial charge in [-0.25, -0.2) is 0 Å². The topological polar surface area (TPSA) is 49.7 Å². The number of ether oxygens (including phenoxy) is 1. The van der Waals surface area contributed by atoms with Crippen LogP contribution in [-0.4, -0.2) is 10.2 Å². The van der Waals surface area contributed by atoms with Crippen molar-refractivity contribution in [3.05, 3.63) is 48.0 Å². The van der Waals surface area contributed by atoms with E-state index in [0.29, 0.717) is 17.4 Å². The molecule has 1 atom stereocenters. The summed E-state index contributed by atoms with van der Waals surface area (Å²) < 4.78 is 5.61. The summed E-state index contributed by atoms with van der Waals surface area (Å²) >= 11 is 0. The Morgan fingerprint density at radius 3 is 2.16 bits per heavy atom. The van der Waals surface area contributed by atoms with Gasteiger partial charge in [-0.1, -0.05) is 26.0 Å². The maximum atomic E-state index is 9.40. The summed E-state index contributed by atoms with van der Waals surface area (Å²) in [7, 11) is 0. The van der Waals surface area contributed by atoms with Crippen LogP contribution >= 0.6 is 0 Å². The van der Waals surface area contributed by atoms with Gasteiger partial charge in [-0.3, -0.25) is 0 Å². The quantitative estimate of drug-likeness (QED) is 0.799. The second kappa shape index (κ2) is 5.65. The third kappa shape index (κ3) is 3.19. The first-order valence-corrected chi connectivity index (χ1v) is 6.40. The van der Waals surface area contributed by atoms with Crippen LogP contribution in [0.4, 0.5) is 0 Å². The first-order valence-electron chi connectivity index (χ1n) is 6.40. The van der Waals surface area contributed by atoms with Crippen LogP contribution in [0.25, 0.3) is 0 Å². The van der Waals surface area contributed by atoms with E-state index >= 15 is 0 Å². The zero-order valence-electron chi connectivity index (χ0n) is 11.1. The van der Waals surface area contributed by atoms with E-state index in [0.717, 1.165) is 6.42 Å². The van der Waals surface area contributed by atoms with Gasteiger partial charge in [0.1, 0.15) is 11.5 Å². The minimum absolute atomic E-state index is 0.153.